The molecule has 0 bridgehead atoms. The molecule has 0 spiro atoms. The highest BCUT2D eigenvalue weighted by molar-refractivity contribution is 7.73. The molecule has 23 heavy (non-hydrogen) atoms. The van der Waals surface area contributed by atoms with Gasteiger partial charge in [0, 0.05) is 38.4 Å². The molecule has 1 aliphatic carbocycles. The molecule has 0 atom stereocenters. The Balaban J connectivity index is 1.61. The largest absolute Gasteiger partial charge is 0.336 e. The number of amides is 1. The van der Waals surface area contributed by atoms with Gasteiger partial charge in [-0.25, -0.2) is 8.42 Å². The monoisotopic (exact) mass is 357 g/mol. The van der Waals surface area contributed by atoms with Crippen LogP contribution in [0.15, 0.2) is 18.2 Å². The molecular weight excluding hydrogens is 338 g/mol. The number of carbonyl (C=O) groups excluding carboxylic acids is 1. The maximum atomic E-state index is 12.6. The summed E-state index contributed by atoms with van der Waals surface area (Å²) in [5.74, 6) is 0.762. The topological polar surface area (TPSA) is 69.7 Å². The first kappa shape index (κ1) is 16.5. The fourth-order valence-corrected chi connectivity index (χ4v) is 3.44. The van der Waals surface area contributed by atoms with Crippen molar-refractivity contribution in [2.75, 3.05) is 37.4 Å². The molecule has 1 aliphatic heterocycles. The van der Waals surface area contributed by atoms with E-state index < -0.39 is 10.9 Å². The van der Waals surface area contributed by atoms with Crippen molar-refractivity contribution in [2.24, 2.45) is 5.92 Å². The summed E-state index contributed by atoms with van der Waals surface area (Å²) in [5.41, 5.74) is 0.769. The lowest BCUT2D eigenvalue weighted by atomic mass is 10.1. The first-order valence-electron chi connectivity index (χ1n) is 7.75. The fourth-order valence-electron chi connectivity index (χ4n) is 2.83. The zero-order valence-corrected chi connectivity index (χ0v) is 14.4. The highest BCUT2D eigenvalue weighted by Gasteiger charge is 2.28. The number of benzene rings is 1. The average Bonchev–Trinajstić information content (AvgIpc) is 3.31. The molecule has 1 heterocycles. The van der Waals surface area contributed by atoms with E-state index in [4.69, 9.17) is 11.6 Å². The lowest BCUT2D eigenvalue weighted by Gasteiger charge is -2.35. The van der Waals surface area contributed by atoms with Gasteiger partial charge in [0.25, 0.3) is 5.91 Å². The number of hydrogen-bond acceptors (Lipinski definition) is 4. The Labute approximate surface area is 142 Å². The van der Waals surface area contributed by atoms with E-state index in [2.05, 4.69) is 9.62 Å². The predicted octanol–water partition coefficient (Wildman–Crippen LogP) is 1.45. The highest BCUT2D eigenvalue weighted by atomic mass is 35.5. The third-order valence-corrected chi connectivity index (χ3v) is 5.05. The summed E-state index contributed by atoms with van der Waals surface area (Å²) >= 11 is 6.14. The van der Waals surface area contributed by atoms with Crippen LogP contribution in [-0.4, -0.2) is 56.8 Å². The van der Waals surface area contributed by atoms with E-state index in [9.17, 15) is 13.2 Å². The molecule has 1 aromatic rings. The van der Waals surface area contributed by atoms with Crippen LogP contribution in [0, 0.1) is 5.92 Å². The van der Waals surface area contributed by atoms with Crippen molar-refractivity contribution in [1.82, 2.24) is 9.80 Å². The molecule has 2 aliphatic rings. The zero-order valence-electron chi connectivity index (χ0n) is 12.7. The lowest BCUT2D eigenvalue weighted by Crippen LogP contribution is -2.49. The van der Waals surface area contributed by atoms with E-state index in [1.165, 1.54) is 18.9 Å². The summed E-state index contributed by atoms with van der Waals surface area (Å²) in [4.78, 5) is 16.8. The van der Waals surface area contributed by atoms with Crippen LogP contribution in [0.25, 0.3) is 0 Å². The second-order valence-corrected chi connectivity index (χ2v) is 7.24. The van der Waals surface area contributed by atoms with Crippen molar-refractivity contribution in [2.45, 2.75) is 12.8 Å². The first-order chi connectivity index (χ1) is 11.0. The Bertz CT molecular complexity index is 660. The van der Waals surface area contributed by atoms with Gasteiger partial charge in [-0.1, -0.05) is 11.6 Å². The van der Waals surface area contributed by atoms with Crippen molar-refractivity contribution in [3.8, 4) is 0 Å². The van der Waals surface area contributed by atoms with Gasteiger partial charge in [0.15, 0.2) is 0 Å². The van der Waals surface area contributed by atoms with Gasteiger partial charge in [0.05, 0.1) is 10.6 Å². The lowest BCUT2D eigenvalue weighted by molar-refractivity contribution is 0.0632. The minimum Gasteiger partial charge on any atom is -0.336 e. The number of hydrogen-bond donors (Lipinski definition) is 2. The van der Waals surface area contributed by atoms with Crippen molar-refractivity contribution in [3.63, 3.8) is 0 Å². The van der Waals surface area contributed by atoms with E-state index in [1.54, 1.807) is 12.1 Å². The molecule has 0 radical (unpaired) electrons. The number of thiol groups is 1. The standard InChI is InChI=1S/C15H20ClN3O3S/c16-14-9-12(17-23(21)22)3-4-13(14)15(20)19-7-5-18(6-8-19)10-11-1-2-11/h3-4,9,11,23H,1-2,5-8,10H2,(H,17,21,22). The molecule has 1 aromatic carbocycles. The molecule has 6 nitrogen and oxygen atoms in total. The number of anilines is 1. The van der Waals surface area contributed by atoms with Crippen LogP contribution in [0.2, 0.25) is 5.02 Å². The minimum absolute atomic E-state index is 0.0980. The van der Waals surface area contributed by atoms with Gasteiger partial charge in [-0.2, -0.15) is 0 Å². The molecule has 0 aromatic heterocycles. The molecular formula is C15H20ClN3O3S. The number of piperazine rings is 1. The van der Waals surface area contributed by atoms with Crippen LogP contribution >= 0.6 is 11.6 Å². The van der Waals surface area contributed by atoms with Crippen LogP contribution in [0.1, 0.15) is 23.2 Å². The summed E-state index contributed by atoms with van der Waals surface area (Å²) in [6, 6.07) is 4.58. The summed E-state index contributed by atoms with van der Waals surface area (Å²) in [7, 11) is -2.74. The number of nitrogens with zero attached hydrogens (tertiary/aromatic N) is 2. The predicted molar refractivity (Wildman–Crippen MR) is 90.5 cm³/mol. The van der Waals surface area contributed by atoms with Gasteiger partial charge >= 0.3 is 0 Å². The van der Waals surface area contributed by atoms with E-state index in [-0.39, 0.29) is 10.9 Å². The summed E-state index contributed by atoms with van der Waals surface area (Å²) in [5, 5.41) is 0.261. The number of carbonyl (C=O) groups is 1. The summed E-state index contributed by atoms with van der Waals surface area (Å²) < 4.78 is 23.6. The van der Waals surface area contributed by atoms with Crippen LogP contribution in [0.4, 0.5) is 5.69 Å². The van der Waals surface area contributed by atoms with Crippen LogP contribution in [-0.2, 0) is 10.9 Å². The smallest absolute Gasteiger partial charge is 0.255 e. The Kier molecular flexibility index (Phi) is 5.08. The maximum absolute atomic E-state index is 12.6. The van der Waals surface area contributed by atoms with E-state index in [0.717, 1.165) is 25.6 Å². The third-order valence-electron chi connectivity index (χ3n) is 4.29. The fraction of sp³-hybridized carbons (Fsp3) is 0.533. The van der Waals surface area contributed by atoms with Crippen molar-refractivity contribution in [3.05, 3.63) is 28.8 Å². The Morgan fingerprint density at radius 2 is 1.91 bits per heavy atom. The van der Waals surface area contributed by atoms with Crippen LogP contribution in [0.3, 0.4) is 0 Å². The third kappa shape index (κ3) is 4.37. The Morgan fingerprint density at radius 3 is 2.48 bits per heavy atom. The Morgan fingerprint density at radius 1 is 1.22 bits per heavy atom. The SMILES string of the molecule is O=C(c1ccc(N[SH](=O)=O)cc1Cl)N1CCN(CC2CC2)CC1. The molecule has 3 rings (SSSR count). The van der Waals surface area contributed by atoms with Gasteiger partial charge in [-0.15, -0.1) is 0 Å². The molecule has 126 valence electrons. The molecule has 0 unspecified atom stereocenters. The summed E-state index contributed by atoms with van der Waals surface area (Å²) in [6.45, 7) is 4.35. The van der Waals surface area contributed by atoms with Crippen molar-refractivity contribution < 1.29 is 13.2 Å². The zero-order chi connectivity index (χ0) is 16.4. The van der Waals surface area contributed by atoms with Gasteiger partial charge in [-0.05, 0) is 37.0 Å². The molecule has 8 heteroatoms. The van der Waals surface area contributed by atoms with E-state index in [0.29, 0.717) is 24.3 Å². The molecule has 1 N–H and O–H groups in total. The average molecular weight is 358 g/mol. The number of nitrogens with one attached hydrogen (secondary N) is 1. The van der Waals surface area contributed by atoms with Crippen molar-refractivity contribution in [1.29, 1.82) is 0 Å². The molecule has 1 saturated carbocycles. The van der Waals surface area contributed by atoms with Crippen molar-refractivity contribution >= 4 is 34.1 Å². The Hall–Kier alpha value is -1.31. The van der Waals surface area contributed by atoms with Gasteiger partial charge in [-0.3, -0.25) is 14.4 Å². The first-order valence-corrected chi connectivity index (χ1v) is 9.30. The molecule has 1 amide bonds. The van der Waals surface area contributed by atoms with Gasteiger partial charge in [0.2, 0.25) is 10.9 Å². The van der Waals surface area contributed by atoms with Crippen LogP contribution in [0.5, 0.6) is 0 Å². The number of halogens is 1. The molecule has 1 saturated heterocycles. The van der Waals surface area contributed by atoms with Gasteiger partial charge < -0.3 is 4.90 Å². The normalized spacial score (nSPS) is 19.1. The van der Waals surface area contributed by atoms with Crippen LogP contribution < -0.4 is 4.72 Å². The van der Waals surface area contributed by atoms with E-state index in [1.807, 2.05) is 4.90 Å². The maximum Gasteiger partial charge on any atom is 0.255 e. The highest BCUT2D eigenvalue weighted by Crippen LogP contribution is 2.30. The quantitative estimate of drug-likeness (QED) is 0.782. The van der Waals surface area contributed by atoms with Gasteiger partial charge in [0.1, 0.15) is 0 Å². The van der Waals surface area contributed by atoms with E-state index >= 15 is 0 Å². The minimum atomic E-state index is -2.74. The molecule has 2 fully saturated rings. The summed E-state index contributed by atoms with van der Waals surface area (Å²) in [6.07, 6.45) is 2.67. The second-order valence-electron chi connectivity index (χ2n) is 6.10. The number of rotatable bonds is 5. The second kappa shape index (κ2) is 7.07.